The molecule has 3 aromatic rings. The highest BCUT2D eigenvalue weighted by atomic mass is 19.3. The minimum atomic E-state index is -3.69. The number of carbonyl (C=O) groups is 1. The van der Waals surface area contributed by atoms with Crippen molar-refractivity contribution in [1.29, 1.82) is 0 Å². The second kappa shape index (κ2) is 7.69. The molecular formula is C24H25F3N4O2. The maximum Gasteiger partial charge on any atom is 0.298 e. The van der Waals surface area contributed by atoms with Crippen LogP contribution in [-0.2, 0) is 16.1 Å². The van der Waals surface area contributed by atoms with E-state index >= 15 is 0 Å². The van der Waals surface area contributed by atoms with Crippen LogP contribution in [-0.4, -0.2) is 34.9 Å². The monoisotopic (exact) mass is 458 g/mol. The number of halogens is 3. The fourth-order valence-corrected chi connectivity index (χ4v) is 4.38. The molecule has 1 aliphatic rings. The summed E-state index contributed by atoms with van der Waals surface area (Å²) in [5, 5.41) is 21.9. The van der Waals surface area contributed by atoms with Crippen molar-refractivity contribution < 1.29 is 23.1 Å². The van der Waals surface area contributed by atoms with Crippen LogP contribution in [0.3, 0.4) is 0 Å². The summed E-state index contributed by atoms with van der Waals surface area (Å²) in [5.41, 5.74) is 0.699. The standard InChI is InChI=1S/C24H25F3N4O2/c1-12(14-7-6-8-17(20(14)25)24(26,27)11-32)28-21-16-9-18-19(10-15(16)13(2)29-30-21)31(5)22(33)23(18,3)4/h6-10,12,32H,11H2,1-5H3,(H,28,30)/t12-/m1/s1. The fraction of sp³-hybridized carbons (Fsp3) is 0.375. The van der Waals surface area contributed by atoms with Gasteiger partial charge in [-0.15, -0.1) is 5.10 Å². The molecule has 2 heterocycles. The summed E-state index contributed by atoms with van der Waals surface area (Å²) in [6.07, 6.45) is 0. The van der Waals surface area contributed by atoms with Crippen LogP contribution in [0, 0.1) is 12.7 Å². The van der Waals surface area contributed by atoms with Crippen LogP contribution in [0.15, 0.2) is 30.3 Å². The van der Waals surface area contributed by atoms with Gasteiger partial charge in [0, 0.05) is 29.1 Å². The summed E-state index contributed by atoms with van der Waals surface area (Å²) in [5.74, 6) is -4.46. The number of aromatic nitrogens is 2. The molecule has 4 rings (SSSR count). The number of alkyl halides is 2. The molecule has 0 saturated heterocycles. The molecule has 0 spiro atoms. The van der Waals surface area contributed by atoms with Gasteiger partial charge in [0.2, 0.25) is 5.91 Å². The number of anilines is 2. The Labute approximate surface area is 189 Å². The number of rotatable bonds is 5. The van der Waals surface area contributed by atoms with Crippen LogP contribution in [0.5, 0.6) is 0 Å². The number of hydrogen-bond acceptors (Lipinski definition) is 5. The minimum Gasteiger partial charge on any atom is -0.390 e. The predicted molar refractivity (Wildman–Crippen MR) is 120 cm³/mol. The Morgan fingerprint density at radius 2 is 1.91 bits per heavy atom. The molecule has 0 fully saturated rings. The van der Waals surface area contributed by atoms with Crippen LogP contribution in [0.1, 0.15) is 49.2 Å². The van der Waals surface area contributed by atoms with Gasteiger partial charge in [0.25, 0.3) is 5.92 Å². The Morgan fingerprint density at radius 1 is 1.21 bits per heavy atom. The van der Waals surface area contributed by atoms with Gasteiger partial charge < -0.3 is 15.3 Å². The van der Waals surface area contributed by atoms with E-state index in [0.717, 1.165) is 22.7 Å². The fourth-order valence-electron chi connectivity index (χ4n) is 4.38. The third kappa shape index (κ3) is 3.51. The van der Waals surface area contributed by atoms with Gasteiger partial charge >= 0.3 is 0 Å². The van der Waals surface area contributed by atoms with E-state index < -0.39 is 35.4 Å². The van der Waals surface area contributed by atoms with Gasteiger partial charge in [-0.1, -0.05) is 12.1 Å². The molecule has 0 saturated carbocycles. The van der Waals surface area contributed by atoms with E-state index in [-0.39, 0.29) is 11.5 Å². The van der Waals surface area contributed by atoms with Crippen LogP contribution in [0.4, 0.5) is 24.7 Å². The predicted octanol–water partition coefficient (Wildman–Crippen LogP) is 4.59. The number of aliphatic hydroxyl groups excluding tert-OH is 1. The van der Waals surface area contributed by atoms with E-state index in [9.17, 15) is 18.0 Å². The smallest absolute Gasteiger partial charge is 0.298 e. The first-order chi connectivity index (χ1) is 15.4. The lowest BCUT2D eigenvalue weighted by atomic mass is 9.85. The lowest BCUT2D eigenvalue weighted by molar-refractivity contribution is -0.121. The van der Waals surface area contributed by atoms with Crippen LogP contribution >= 0.6 is 0 Å². The molecule has 6 nitrogen and oxygen atoms in total. The van der Waals surface area contributed by atoms with Crippen molar-refractivity contribution >= 4 is 28.2 Å². The quantitative estimate of drug-likeness (QED) is 0.585. The van der Waals surface area contributed by atoms with E-state index in [1.165, 1.54) is 12.1 Å². The van der Waals surface area contributed by atoms with E-state index in [1.54, 1.807) is 25.8 Å². The van der Waals surface area contributed by atoms with E-state index in [4.69, 9.17) is 5.11 Å². The van der Waals surface area contributed by atoms with Crippen molar-refractivity contribution in [3.05, 3.63) is 58.5 Å². The number of nitrogens with one attached hydrogen (secondary N) is 1. The Morgan fingerprint density at radius 3 is 2.58 bits per heavy atom. The van der Waals surface area contributed by atoms with Crippen molar-refractivity contribution in [2.75, 3.05) is 23.9 Å². The van der Waals surface area contributed by atoms with Gasteiger partial charge in [0.15, 0.2) is 5.82 Å². The second-order valence-corrected chi connectivity index (χ2v) is 8.98. The number of carbonyl (C=O) groups excluding carboxylic acids is 1. The maximum absolute atomic E-state index is 14.9. The van der Waals surface area contributed by atoms with Gasteiger partial charge in [0.1, 0.15) is 12.4 Å². The molecule has 2 aromatic carbocycles. The number of amides is 1. The summed E-state index contributed by atoms with van der Waals surface area (Å²) >= 11 is 0. The number of nitrogens with zero attached hydrogens (tertiary/aromatic N) is 3. The zero-order chi connectivity index (χ0) is 24.3. The molecule has 0 bridgehead atoms. The average Bonchev–Trinajstić information content (AvgIpc) is 2.94. The van der Waals surface area contributed by atoms with Crippen LogP contribution < -0.4 is 10.2 Å². The molecule has 174 valence electrons. The number of benzene rings is 2. The van der Waals surface area contributed by atoms with E-state index in [2.05, 4.69) is 15.5 Å². The van der Waals surface area contributed by atoms with Crippen LogP contribution in [0.25, 0.3) is 10.8 Å². The first-order valence-corrected chi connectivity index (χ1v) is 10.5. The van der Waals surface area contributed by atoms with Crippen molar-refractivity contribution in [2.24, 2.45) is 0 Å². The molecule has 1 aromatic heterocycles. The summed E-state index contributed by atoms with van der Waals surface area (Å²) < 4.78 is 42.9. The third-order valence-electron chi connectivity index (χ3n) is 6.40. The maximum atomic E-state index is 14.9. The largest absolute Gasteiger partial charge is 0.390 e. The number of likely N-dealkylation sites (N-methyl/N-ethyl adjacent to an activating group) is 1. The zero-order valence-electron chi connectivity index (χ0n) is 19.0. The SMILES string of the molecule is Cc1nnc(N[C@H](C)c2cccc(C(F)(F)CO)c2F)c2cc3c(cc12)N(C)C(=O)C3(C)C. The lowest BCUT2D eigenvalue weighted by Gasteiger charge is -2.21. The average molecular weight is 458 g/mol. The zero-order valence-corrected chi connectivity index (χ0v) is 19.0. The second-order valence-electron chi connectivity index (χ2n) is 8.98. The first-order valence-electron chi connectivity index (χ1n) is 10.5. The summed E-state index contributed by atoms with van der Waals surface area (Å²) in [6, 6.07) is 6.73. The first kappa shape index (κ1) is 23.0. The number of fused-ring (bicyclic) bond motifs is 2. The molecule has 0 radical (unpaired) electrons. The van der Waals surface area contributed by atoms with Crippen molar-refractivity contribution in [1.82, 2.24) is 10.2 Å². The third-order valence-corrected chi connectivity index (χ3v) is 6.40. The molecule has 9 heteroatoms. The Hall–Kier alpha value is -3.20. The minimum absolute atomic E-state index is 0.00699. The van der Waals surface area contributed by atoms with Crippen molar-refractivity contribution in [3.63, 3.8) is 0 Å². The highest BCUT2D eigenvalue weighted by molar-refractivity contribution is 6.10. The molecule has 33 heavy (non-hydrogen) atoms. The molecule has 0 aliphatic carbocycles. The Kier molecular flexibility index (Phi) is 5.35. The summed E-state index contributed by atoms with van der Waals surface area (Å²) in [7, 11) is 1.73. The highest BCUT2D eigenvalue weighted by Crippen LogP contribution is 2.44. The topological polar surface area (TPSA) is 78.4 Å². The molecule has 1 atom stereocenters. The molecule has 0 unspecified atom stereocenters. The van der Waals surface area contributed by atoms with E-state index in [1.807, 2.05) is 26.0 Å². The van der Waals surface area contributed by atoms with E-state index in [0.29, 0.717) is 16.9 Å². The Bertz CT molecular complexity index is 1280. The molecule has 1 amide bonds. The van der Waals surface area contributed by atoms with Crippen molar-refractivity contribution in [2.45, 2.75) is 45.1 Å². The summed E-state index contributed by atoms with van der Waals surface area (Å²) in [6.45, 7) is 5.64. The molecule has 2 N–H and O–H groups in total. The Balaban J connectivity index is 1.80. The van der Waals surface area contributed by atoms with Gasteiger partial charge in [0.05, 0.1) is 22.7 Å². The molecular weight excluding hydrogens is 433 g/mol. The number of aliphatic hydroxyl groups is 1. The van der Waals surface area contributed by atoms with Crippen LogP contribution in [0.2, 0.25) is 0 Å². The normalized spacial score (nSPS) is 16.3. The molecule has 1 aliphatic heterocycles. The van der Waals surface area contributed by atoms with Gasteiger partial charge in [-0.3, -0.25) is 4.79 Å². The van der Waals surface area contributed by atoms with Gasteiger partial charge in [-0.2, -0.15) is 13.9 Å². The van der Waals surface area contributed by atoms with Gasteiger partial charge in [-0.25, -0.2) is 4.39 Å². The number of hydrogen-bond donors (Lipinski definition) is 2. The highest BCUT2D eigenvalue weighted by Gasteiger charge is 2.42. The van der Waals surface area contributed by atoms with Gasteiger partial charge in [-0.05, 0) is 51.5 Å². The number of aryl methyl sites for hydroxylation is 1. The lowest BCUT2D eigenvalue weighted by Crippen LogP contribution is -2.33. The summed E-state index contributed by atoms with van der Waals surface area (Å²) in [4.78, 5) is 14.3. The van der Waals surface area contributed by atoms with Crippen molar-refractivity contribution in [3.8, 4) is 0 Å².